The van der Waals surface area contributed by atoms with E-state index in [0.29, 0.717) is 17.3 Å². The minimum atomic E-state index is -3.61. The zero-order chi connectivity index (χ0) is 21.6. The molecule has 2 aromatic carbocycles. The predicted molar refractivity (Wildman–Crippen MR) is 123 cm³/mol. The van der Waals surface area contributed by atoms with Crippen molar-refractivity contribution in [3.63, 3.8) is 0 Å². The number of rotatable bonds is 9. The number of amides is 1. The van der Waals surface area contributed by atoms with Gasteiger partial charge in [-0.1, -0.05) is 29.8 Å². The molecule has 0 saturated carbocycles. The average molecular weight is 455 g/mol. The van der Waals surface area contributed by atoms with Crippen LogP contribution in [0.2, 0.25) is 5.02 Å². The standard InChI is InChI=1S/C21H27ClN2O3S2/c1-15-5-10-20(13-16(15)2)24(29(4,26)27)17(3)21(25)23-11-12-28-14-18-6-8-19(22)9-7-18/h5-10,13,17H,11-12,14H2,1-4H3,(H,23,25)/t17-/m0/s1. The van der Waals surface area contributed by atoms with E-state index in [0.717, 1.165) is 34.5 Å². The predicted octanol–water partition coefficient (Wildman–Crippen LogP) is 4.16. The molecular formula is C21H27ClN2O3S2. The third kappa shape index (κ3) is 6.94. The van der Waals surface area contributed by atoms with Crippen LogP contribution in [0.25, 0.3) is 0 Å². The molecule has 2 aromatic rings. The minimum Gasteiger partial charge on any atom is -0.353 e. The molecule has 5 nitrogen and oxygen atoms in total. The van der Waals surface area contributed by atoms with Crippen LogP contribution >= 0.6 is 23.4 Å². The Labute approximate surface area is 182 Å². The van der Waals surface area contributed by atoms with Crippen molar-refractivity contribution in [3.8, 4) is 0 Å². The molecule has 0 fully saturated rings. The smallest absolute Gasteiger partial charge is 0.243 e. The summed E-state index contributed by atoms with van der Waals surface area (Å²) in [6.45, 7) is 5.95. The second-order valence-electron chi connectivity index (χ2n) is 6.97. The first-order valence-electron chi connectivity index (χ1n) is 9.26. The van der Waals surface area contributed by atoms with E-state index in [1.165, 1.54) is 4.31 Å². The summed E-state index contributed by atoms with van der Waals surface area (Å²) in [5.74, 6) is 1.23. The number of carbonyl (C=O) groups is 1. The molecule has 0 aliphatic carbocycles. The molecule has 0 saturated heterocycles. The van der Waals surface area contributed by atoms with Gasteiger partial charge in [-0.15, -0.1) is 0 Å². The van der Waals surface area contributed by atoms with Crippen LogP contribution in [0.4, 0.5) is 5.69 Å². The molecule has 0 aliphatic rings. The number of anilines is 1. The molecule has 0 unspecified atom stereocenters. The number of sulfonamides is 1. The molecule has 1 atom stereocenters. The molecule has 1 N–H and O–H groups in total. The van der Waals surface area contributed by atoms with Crippen LogP contribution in [0.1, 0.15) is 23.6 Å². The maximum Gasteiger partial charge on any atom is 0.243 e. The fraction of sp³-hybridized carbons (Fsp3) is 0.381. The Morgan fingerprint density at radius 3 is 2.38 bits per heavy atom. The number of hydrogen-bond donors (Lipinski definition) is 1. The molecule has 2 rings (SSSR count). The Morgan fingerprint density at radius 2 is 1.79 bits per heavy atom. The fourth-order valence-corrected chi connectivity index (χ4v) is 4.95. The van der Waals surface area contributed by atoms with Crippen molar-refractivity contribution in [1.82, 2.24) is 5.32 Å². The fourth-order valence-electron chi connectivity index (χ4n) is 2.84. The van der Waals surface area contributed by atoms with Gasteiger partial charge in [-0.3, -0.25) is 9.10 Å². The van der Waals surface area contributed by atoms with E-state index in [-0.39, 0.29) is 5.91 Å². The summed E-state index contributed by atoms with van der Waals surface area (Å²) >= 11 is 7.57. The summed E-state index contributed by atoms with van der Waals surface area (Å²) in [6.07, 6.45) is 1.12. The van der Waals surface area contributed by atoms with E-state index in [9.17, 15) is 13.2 Å². The molecule has 0 bridgehead atoms. The number of thioether (sulfide) groups is 1. The topological polar surface area (TPSA) is 66.5 Å². The van der Waals surface area contributed by atoms with E-state index in [1.807, 2.05) is 44.2 Å². The quantitative estimate of drug-likeness (QED) is 0.577. The molecule has 1 amide bonds. The maximum absolute atomic E-state index is 12.6. The highest BCUT2D eigenvalue weighted by atomic mass is 35.5. The Hall–Kier alpha value is -1.70. The first-order chi connectivity index (χ1) is 13.6. The Kier molecular flexibility index (Phi) is 8.43. The van der Waals surface area contributed by atoms with Gasteiger partial charge in [0.2, 0.25) is 15.9 Å². The molecule has 0 spiro atoms. The number of carbonyl (C=O) groups excluding carboxylic acids is 1. The highest BCUT2D eigenvalue weighted by Crippen LogP contribution is 2.23. The lowest BCUT2D eigenvalue weighted by atomic mass is 10.1. The molecule has 158 valence electrons. The van der Waals surface area contributed by atoms with Crippen molar-refractivity contribution >= 4 is 45.0 Å². The summed E-state index contributed by atoms with van der Waals surface area (Å²) in [6, 6.07) is 12.2. The summed E-state index contributed by atoms with van der Waals surface area (Å²) in [5.41, 5.74) is 3.70. The summed E-state index contributed by atoms with van der Waals surface area (Å²) < 4.78 is 25.9. The minimum absolute atomic E-state index is 0.319. The van der Waals surface area contributed by atoms with Crippen LogP contribution in [0.5, 0.6) is 0 Å². The van der Waals surface area contributed by atoms with E-state index in [2.05, 4.69) is 5.32 Å². The van der Waals surface area contributed by atoms with E-state index >= 15 is 0 Å². The van der Waals surface area contributed by atoms with Crippen molar-refractivity contribution < 1.29 is 13.2 Å². The van der Waals surface area contributed by atoms with Crippen molar-refractivity contribution in [3.05, 3.63) is 64.2 Å². The van der Waals surface area contributed by atoms with E-state index in [4.69, 9.17) is 11.6 Å². The van der Waals surface area contributed by atoms with Crippen LogP contribution in [0, 0.1) is 13.8 Å². The average Bonchev–Trinajstić information content (AvgIpc) is 2.64. The number of nitrogens with zero attached hydrogens (tertiary/aromatic N) is 1. The molecule has 0 heterocycles. The van der Waals surface area contributed by atoms with Gasteiger partial charge in [0.15, 0.2) is 0 Å². The Balaban J connectivity index is 1.93. The number of aryl methyl sites for hydroxylation is 2. The monoisotopic (exact) mass is 454 g/mol. The second-order valence-corrected chi connectivity index (χ2v) is 10.4. The number of benzene rings is 2. The highest BCUT2D eigenvalue weighted by Gasteiger charge is 2.29. The molecule has 0 aliphatic heterocycles. The van der Waals surface area contributed by atoms with Crippen LogP contribution in [0.15, 0.2) is 42.5 Å². The zero-order valence-corrected chi connectivity index (χ0v) is 19.5. The lowest BCUT2D eigenvalue weighted by Gasteiger charge is -2.28. The van der Waals surface area contributed by atoms with Gasteiger partial charge in [-0.05, 0) is 61.7 Å². The number of halogens is 1. The molecule has 0 radical (unpaired) electrons. The van der Waals surface area contributed by atoms with E-state index in [1.54, 1.807) is 30.8 Å². The summed E-state index contributed by atoms with van der Waals surface area (Å²) in [7, 11) is -3.61. The van der Waals surface area contributed by atoms with Gasteiger partial charge in [0.25, 0.3) is 0 Å². The van der Waals surface area contributed by atoms with Gasteiger partial charge < -0.3 is 5.32 Å². The first kappa shape index (κ1) is 23.6. The highest BCUT2D eigenvalue weighted by molar-refractivity contribution is 7.98. The zero-order valence-electron chi connectivity index (χ0n) is 17.1. The largest absolute Gasteiger partial charge is 0.353 e. The number of nitrogens with one attached hydrogen (secondary N) is 1. The molecule has 0 aromatic heterocycles. The van der Waals surface area contributed by atoms with Gasteiger partial charge in [0, 0.05) is 23.1 Å². The lowest BCUT2D eigenvalue weighted by Crippen LogP contribution is -2.48. The van der Waals surface area contributed by atoms with Gasteiger partial charge >= 0.3 is 0 Å². The van der Waals surface area contributed by atoms with Crippen molar-refractivity contribution in [2.75, 3.05) is 22.9 Å². The third-order valence-electron chi connectivity index (χ3n) is 4.56. The lowest BCUT2D eigenvalue weighted by molar-refractivity contribution is -0.121. The van der Waals surface area contributed by atoms with Gasteiger partial charge in [0.05, 0.1) is 11.9 Å². The van der Waals surface area contributed by atoms with Gasteiger partial charge in [-0.2, -0.15) is 11.8 Å². The SMILES string of the molecule is Cc1ccc(N([C@@H](C)C(=O)NCCSCc2ccc(Cl)cc2)S(C)(=O)=O)cc1C. The van der Waals surface area contributed by atoms with Crippen LogP contribution in [0.3, 0.4) is 0 Å². The molecular weight excluding hydrogens is 428 g/mol. The van der Waals surface area contributed by atoms with Crippen LogP contribution in [-0.4, -0.2) is 38.9 Å². The maximum atomic E-state index is 12.6. The van der Waals surface area contributed by atoms with Crippen molar-refractivity contribution in [2.45, 2.75) is 32.6 Å². The van der Waals surface area contributed by atoms with Gasteiger partial charge in [-0.25, -0.2) is 8.42 Å². The van der Waals surface area contributed by atoms with E-state index < -0.39 is 16.1 Å². The second kappa shape index (κ2) is 10.4. The van der Waals surface area contributed by atoms with Crippen LogP contribution in [-0.2, 0) is 20.6 Å². The van der Waals surface area contributed by atoms with Crippen molar-refractivity contribution in [2.24, 2.45) is 0 Å². The first-order valence-corrected chi connectivity index (χ1v) is 12.6. The van der Waals surface area contributed by atoms with Gasteiger partial charge in [0.1, 0.15) is 6.04 Å². The van der Waals surface area contributed by atoms with Crippen molar-refractivity contribution in [1.29, 1.82) is 0 Å². The number of hydrogen-bond acceptors (Lipinski definition) is 4. The molecule has 8 heteroatoms. The Bertz CT molecular complexity index is 947. The Morgan fingerprint density at radius 1 is 1.14 bits per heavy atom. The van der Waals surface area contributed by atoms with Crippen LogP contribution < -0.4 is 9.62 Å². The normalized spacial score (nSPS) is 12.4. The summed E-state index contributed by atoms with van der Waals surface area (Å²) in [4.78, 5) is 12.6. The summed E-state index contributed by atoms with van der Waals surface area (Å²) in [5, 5.41) is 3.55. The molecule has 29 heavy (non-hydrogen) atoms. The third-order valence-corrected chi connectivity index (χ3v) is 7.08.